The van der Waals surface area contributed by atoms with Gasteiger partial charge in [-0.15, -0.1) is 0 Å². The molecule has 2 aromatic carbocycles. The smallest absolute Gasteiger partial charge is 0.340 e. The second kappa shape index (κ2) is 8.36. The molecule has 1 heterocycles. The Morgan fingerprint density at radius 1 is 1.07 bits per heavy atom. The van der Waals surface area contributed by atoms with Crippen LogP contribution in [0.4, 0.5) is 5.69 Å². The molecule has 0 saturated carbocycles. The van der Waals surface area contributed by atoms with Gasteiger partial charge in [-0.05, 0) is 38.1 Å². The van der Waals surface area contributed by atoms with E-state index in [-0.39, 0.29) is 21.8 Å². The highest BCUT2D eigenvalue weighted by Crippen LogP contribution is 2.18. The van der Waals surface area contributed by atoms with E-state index < -0.39 is 18.0 Å². The molecule has 7 nitrogen and oxygen atoms in total. The van der Waals surface area contributed by atoms with Crippen molar-refractivity contribution < 1.29 is 14.3 Å². The molecule has 0 spiro atoms. The maximum atomic E-state index is 12.9. The van der Waals surface area contributed by atoms with Crippen molar-refractivity contribution in [1.29, 1.82) is 0 Å². The standard InChI is InChI=1S/C21H20ClN3O4/c1-13-18(20(27)25(24(13)3)15-9-5-4-6-10-15)23-19(26)14(2)29-21(28)16-11-7-8-12-17(16)22/h4-12,14H,1-3H3,(H,23,26)/t14-/m0/s1. The lowest BCUT2D eigenvalue weighted by Crippen LogP contribution is -2.32. The fourth-order valence-corrected chi connectivity index (χ4v) is 3.05. The lowest BCUT2D eigenvalue weighted by molar-refractivity contribution is -0.123. The molecule has 0 aliphatic carbocycles. The molecule has 3 aromatic rings. The number of rotatable bonds is 5. The first kappa shape index (κ1) is 20.4. The fourth-order valence-electron chi connectivity index (χ4n) is 2.84. The fraction of sp³-hybridized carbons (Fsp3) is 0.190. The van der Waals surface area contributed by atoms with Gasteiger partial charge in [-0.1, -0.05) is 41.9 Å². The van der Waals surface area contributed by atoms with Crippen LogP contribution >= 0.6 is 11.6 Å². The van der Waals surface area contributed by atoms with Gasteiger partial charge in [-0.25, -0.2) is 9.48 Å². The minimum absolute atomic E-state index is 0.127. The number of anilines is 1. The summed E-state index contributed by atoms with van der Waals surface area (Å²) < 4.78 is 8.30. The van der Waals surface area contributed by atoms with Crippen LogP contribution in [0.3, 0.4) is 0 Å². The van der Waals surface area contributed by atoms with E-state index in [2.05, 4.69) is 5.32 Å². The molecule has 1 N–H and O–H groups in total. The molecule has 1 atom stereocenters. The van der Waals surface area contributed by atoms with Crippen molar-refractivity contribution in [1.82, 2.24) is 9.36 Å². The van der Waals surface area contributed by atoms with Crippen molar-refractivity contribution in [3.8, 4) is 5.69 Å². The van der Waals surface area contributed by atoms with Crippen LogP contribution in [0.5, 0.6) is 0 Å². The summed E-state index contributed by atoms with van der Waals surface area (Å²) in [5.74, 6) is -1.33. The number of esters is 1. The van der Waals surface area contributed by atoms with Crippen LogP contribution in [0.25, 0.3) is 5.69 Å². The second-order valence-corrected chi connectivity index (χ2v) is 6.86. The molecule has 3 rings (SSSR count). The average Bonchev–Trinajstić information content (AvgIpc) is 2.92. The number of aromatic nitrogens is 2. The third-order valence-electron chi connectivity index (χ3n) is 4.55. The monoisotopic (exact) mass is 413 g/mol. The molecule has 8 heteroatoms. The Bertz CT molecular complexity index is 1120. The van der Waals surface area contributed by atoms with Crippen LogP contribution in [0.15, 0.2) is 59.4 Å². The van der Waals surface area contributed by atoms with Gasteiger partial charge in [0, 0.05) is 7.05 Å². The van der Waals surface area contributed by atoms with E-state index in [1.54, 1.807) is 49.0 Å². The molecule has 1 amide bonds. The number of hydrogen-bond donors (Lipinski definition) is 1. The van der Waals surface area contributed by atoms with Crippen molar-refractivity contribution in [2.45, 2.75) is 20.0 Å². The van der Waals surface area contributed by atoms with Crippen molar-refractivity contribution in [3.05, 3.63) is 81.2 Å². The molecule has 1 aromatic heterocycles. The third kappa shape index (κ3) is 4.09. The van der Waals surface area contributed by atoms with E-state index in [1.807, 2.05) is 18.2 Å². The molecule has 150 valence electrons. The highest BCUT2D eigenvalue weighted by Gasteiger charge is 2.24. The Morgan fingerprint density at radius 3 is 2.34 bits per heavy atom. The molecule has 0 bridgehead atoms. The average molecular weight is 414 g/mol. The highest BCUT2D eigenvalue weighted by atomic mass is 35.5. The molecule has 0 saturated heterocycles. The van der Waals surface area contributed by atoms with E-state index in [9.17, 15) is 14.4 Å². The lowest BCUT2D eigenvalue weighted by Gasteiger charge is -2.13. The Labute approximate surface area is 172 Å². The van der Waals surface area contributed by atoms with Gasteiger partial charge in [0.05, 0.1) is 22.0 Å². The number of para-hydroxylation sites is 1. The van der Waals surface area contributed by atoms with E-state index in [0.717, 1.165) is 0 Å². The molecule has 0 fully saturated rings. The van der Waals surface area contributed by atoms with Gasteiger partial charge in [0.2, 0.25) is 0 Å². The number of amides is 1. The number of halogens is 1. The molecule has 0 aliphatic rings. The predicted octanol–water partition coefficient (Wildman–Crippen LogP) is 3.32. The molecule has 0 aliphatic heterocycles. The highest BCUT2D eigenvalue weighted by molar-refractivity contribution is 6.33. The molecular formula is C21H20ClN3O4. The Hall–Kier alpha value is -3.32. The van der Waals surface area contributed by atoms with Crippen LogP contribution in [0.2, 0.25) is 5.02 Å². The summed E-state index contributed by atoms with van der Waals surface area (Å²) in [7, 11) is 1.72. The predicted molar refractivity (Wildman–Crippen MR) is 111 cm³/mol. The number of benzene rings is 2. The zero-order valence-corrected chi connectivity index (χ0v) is 16.9. The summed E-state index contributed by atoms with van der Waals surface area (Å²) in [4.78, 5) is 37.7. The minimum atomic E-state index is -1.12. The quantitative estimate of drug-likeness (QED) is 0.650. The van der Waals surface area contributed by atoms with Crippen molar-refractivity contribution >= 4 is 29.2 Å². The number of nitrogens with zero attached hydrogens (tertiary/aromatic N) is 2. The van der Waals surface area contributed by atoms with Gasteiger partial charge in [0.25, 0.3) is 11.5 Å². The van der Waals surface area contributed by atoms with Crippen LogP contribution < -0.4 is 10.9 Å². The van der Waals surface area contributed by atoms with Gasteiger partial charge < -0.3 is 10.1 Å². The summed E-state index contributed by atoms with van der Waals surface area (Å²) in [6.07, 6.45) is -1.12. The van der Waals surface area contributed by atoms with Crippen LogP contribution in [-0.4, -0.2) is 27.3 Å². The van der Waals surface area contributed by atoms with Crippen LogP contribution in [0.1, 0.15) is 23.0 Å². The molecular weight excluding hydrogens is 394 g/mol. The first-order valence-electron chi connectivity index (χ1n) is 8.91. The Balaban J connectivity index is 1.80. The van der Waals surface area contributed by atoms with E-state index in [0.29, 0.717) is 11.4 Å². The van der Waals surface area contributed by atoms with Crippen molar-refractivity contribution in [2.75, 3.05) is 5.32 Å². The molecule has 29 heavy (non-hydrogen) atoms. The van der Waals surface area contributed by atoms with Gasteiger partial charge in [0.15, 0.2) is 6.10 Å². The van der Waals surface area contributed by atoms with E-state index in [4.69, 9.17) is 16.3 Å². The number of nitrogens with one attached hydrogen (secondary N) is 1. The first-order valence-corrected chi connectivity index (χ1v) is 9.29. The largest absolute Gasteiger partial charge is 0.449 e. The first-order chi connectivity index (χ1) is 13.8. The normalized spacial score (nSPS) is 11.7. The number of carbonyl (C=O) groups is 2. The second-order valence-electron chi connectivity index (χ2n) is 6.45. The zero-order chi connectivity index (χ0) is 21.1. The lowest BCUT2D eigenvalue weighted by atomic mass is 10.2. The SMILES string of the molecule is Cc1c(NC(=O)[C@H](C)OC(=O)c2ccccc2Cl)c(=O)n(-c2ccccc2)n1C. The maximum Gasteiger partial charge on any atom is 0.340 e. The summed E-state index contributed by atoms with van der Waals surface area (Å²) >= 11 is 5.98. The van der Waals surface area contributed by atoms with Crippen LogP contribution in [-0.2, 0) is 16.6 Å². The molecule has 0 unspecified atom stereocenters. The van der Waals surface area contributed by atoms with Crippen molar-refractivity contribution in [2.24, 2.45) is 7.05 Å². The van der Waals surface area contributed by atoms with Gasteiger partial charge in [-0.2, -0.15) is 0 Å². The summed E-state index contributed by atoms with van der Waals surface area (Å²) in [6.45, 7) is 3.15. The maximum absolute atomic E-state index is 12.9. The minimum Gasteiger partial charge on any atom is -0.449 e. The van der Waals surface area contributed by atoms with Crippen molar-refractivity contribution in [3.63, 3.8) is 0 Å². The number of carbonyl (C=O) groups excluding carboxylic acids is 2. The zero-order valence-electron chi connectivity index (χ0n) is 16.2. The topological polar surface area (TPSA) is 82.3 Å². The third-order valence-corrected chi connectivity index (χ3v) is 4.88. The summed E-state index contributed by atoms with van der Waals surface area (Å²) in [6, 6.07) is 15.5. The van der Waals surface area contributed by atoms with E-state index in [1.165, 1.54) is 17.7 Å². The number of ether oxygens (including phenoxy) is 1. The summed E-state index contributed by atoms with van der Waals surface area (Å²) in [5.41, 5.74) is 1.14. The molecule has 0 radical (unpaired) electrons. The van der Waals surface area contributed by atoms with Gasteiger partial charge in [0.1, 0.15) is 5.69 Å². The van der Waals surface area contributed by atoms with Crippen LogP contribution in [0, 0.1) is 6.92 Å². The Morgan fingerprint density at radius 2 is 1.69 bits per heavy atom. The van der Waals surface area contributed by atoms with E-state index >= 15 is 0 Å². The van der Waals surface area contributed by atoms with Gasteiger partial charge >= 0.3 is 5.97 Å². The van der Waals surface area contributed by atoms with Gasteiger partial charge in [-0.3, -0.25) is 14.3 Å². The Kier molecular flexibility index (Phi) is 5.89. The number of hydrogen-bond acceptors (Lipinski definition) is 4. The summed E-state index contributed by atoms with van der Waals surface area (Å²) in [5, 5.41) is 2.81.